The number of sulfonamides is 1. The van der Waals surface area contributed by atoms with Crippen molar-refractivity contribution in [3.8, 4) is 0 Å². The largest absolute Gasteiger partial charge is 0.338 e. The average Bonchev–Trinajstić information content (AvgIpc) is 3.65. The van der Waals surface area contributed by atoms with Crippen LogP contribution in [0.15, 0.2) is 90.3 Å². The summed E-state index contributed by atoms with van der Waals surface area (Å²) >= 11 is 0. The summed E-state index contributed by atoms with van der Waals surface area (Å²) < 4.78 is 29.6. The molecule has 3 aromatic rings. The quantitative estimate of drug-likeness (QED) is 0.242. The number of aryl methyl sites for hydroxylation is 1. The standard InChI is InChI=1S/C35H37N3O5S/c1-2-9-27-20-29(37(33(27)39)17-8-12-24-10-4-3-5-11-24)22-36-44(42,43)30-16-15-26-18-25(19-28(26)21-30)23-38-34(40)31-13-6-7-14-32(31)35(38)41/h2-7,10-11,13-16,21,25,27,29,36H,1,8-9,12,17-20,22-23H2/t25?,27-,29+/m1/s1. The molecule has 44 heavy (non-hydrogen) atoms. The Bertz CT molecular complexity index is 1670. The van der Waals surface area contributed by atoms with Gasteiger partial charge in [-0.15, -0.1) is 6.58 Å². The SMILES string of the molecule is C=CC[C@@H]1C[C@@H](CNS(=O)(=O)c2ccc3c(c2)CC(CN2C(=O)c4ccccc4C2=O)C3)N(CCCc2ccccc2)C1=O. The summed E-state index contributed by atoms with van der Waals surface area (Å²) in [7, 11) is -3.82. The second-order valence-corrected chi connectivity index (χ2v) is 13.8. The molecule has 0 spiro atoms. The first kappa shape index (κ1) is 30.0. The van der Waals surface area contributed by atoms with Crippen molar-refractivity contribution in [2.45, 2.75) is 49.5 Å². The number of carbonyl (C=O) groups excluding carboxylic acids is 3. The van der Waals surface area contributed by atoms with Gasteiger partial charge >= 0.3 is 0 Å². The number of hydrogen-bond acceptors (Lipinski definition) is 5. The molecule has 0 saturated carbocycles. The lowest BCUT2D eigenvalue weighted by molar-refractivity contribution is -0.131. The third-order valence-corrected chi connectivity index (χ3v) is 10.5. The van der Waals surface area contributed by atoms with Gasteiger partial charge in [-0.3, -0.25) is 19.3 Å². The summed E-state index contributed by atoms with van der Waals surface area (Å²) in [6.07, 6.45) is 5.81. The van der Waals surface area contributed by atoms with E-state index >= 15 is 0 Å². The maximum absolute atomic E-state index is 13.4. The normalized spacial score (nSPS) is 21.2. The monoisotopic (exact) mass is 611 g/mol. The molecule has 1 saturated heterocycles. The van der Waals surface area contributed by atoms with E-state index in [-0.39, 0.29) is 47.0 Å². The van der Waals surface area contributed by atoms with Crippen molar-refractivity contribution in [1.29, 1.82) is 0 Å². The van der Waals surface area contributed by atoms with Crippen LogP contribution in [0, 0.1) is 11.8 Å². The van der Waals surface area contributed by atoms with Crippen LogP contribution in [0.2, 0.25) is 0 Å². The van der Waals surface area contributed by atoms with Gasteiger partial charge in [-0.1, -0.05) is 54.6 Å². The van der Waals surface area contributed by atoms with E-state index in [0.29, 0.717) is 49.9 Å². The minimum atomic E-state index is -3.82. The van der Waals surface area contributed by atoms with Gasteiger partial charge in [0.1, 0.15) is 0 Å². The number of hydrogen-bond donors (Lipinski definition) is 1. The predicted molar refractivity (Wildman–Crippen MR) is 168 cm³/mol. The first-order valence-electron chi connectivity index (χ1n) is 15.3. The fourth-order valence-electron chi connectivity index (χ4n) is 6.89. The van der Waals surface area contributed by atoms with Crippen molar-refractivity contribution in [2.24, 2.45) is 11.8 Å². The molecule has 0 aromatic heterocycles. The number of imide groups is 1. The molecule has 1 unspecified atom stereocenters. The maximum atomic E-state index is 13.4. The van der Waals surface area contributed by atoms with E-state index in [1.54, 1.807) is 42.5 Å². The zero-order valence-electron chi connectivity index (χ0n) is 24.7. The highest BCUT2D eigenvalue weighted by atomic mass is 32.2. The number of carbonyl (C=O) groups is 3. The van der Waals surface area contributed by atoms with Gasteiger partial charge in [-0.25, -0.2) is 13.1 Å². The summed E-state index contributed by atoms with van der Waals surface area (Å²) in [6.45, 7) is 4.81. The lowest BCUT2D eigenvalue weighted by Crippen LogP contribution is -2.42. The van der Waals surface area contributed by atoms with Crippen LogP contribution in [-0.4, -0.2) is 61.6 Å². The van der Waals surface area contributed by atoms with E-state index in [1.165, 1.54) is 10.5 Å². The van der Waals surface area contributed by atoms with E-state index in [2.05, 4.69) is 23.4 Å². The van der Waals surface area contributed by atoms with Gasteiger partial charge < -0.3 is 4.90 Å². The molecule has 1 aliphatic carbocycles. The van der Waals surface area contributed by atoms with Crippen molar-refractivity contribution in [2.75, 3.05) is 19.6 Å². The molecule has 8 nitrogen and oxygen atoms in total. The Morgan fingerprint density at radius 1 is 0.886 bits per heavy atom. The average molecular weight is 612 g/mol. The minimum absolute atomic E-state index is 0.0221. The highest BCUT2D eigenvalue weighted by Gasteiger charge is 2.39. The molecule has 0 radical (unpaired) electrons. The molecule has 3 aromatic carbocycles. The number of allylic oxidation sites excluding steroid dienone is 1. The highest BCUT2D eigenvalue weighted by molar-refractivity contribution is 7.89. The van der Waals surface area contributed by atoms with Gasteiger partial charge in [-0.2, -0.15) is 0 Å². The predicted octanol–water partition coefficient (Wildman–Crippen LogP) is 4.40. The lowest BCUT2D eigenvalue weighted by atomic mass is 10.0. The highest BCUT2D eigenvalue weighted by Crippen LogP contribution is 2.32. The maximum Gasteiger partial charge on any atom is 0.261 e. The molecular formula is C35H37N3O5S. The minimum Gasteiger partial charge on any atom is -0.338 e. The Kier molecular flexibility index (Phi) is 8.51. The molecule has 1 N–H and O–H groups in total. The van der Waals surface area contributed by atoms with Gasteiger partial charge in [0.15, 0.2) is 0 Å². The lowest BCUT2D eigenvalue weighted by Gasteiger charge is -2.25. The van der Waals surface area contributed by atoms with E-state index in [4.69, 9.17) is 0 Å². The summed E-state index contributed by atoms with van der Waals surface area (Å²) in [4.78, 5) is 42.2. The van der Waals surface area contributed by atoms with E-state index in [9.17, 15) is 22.8 Å². The van der Waals surface area contributed by atoms with Gasteiger partial charge in [0, 0.05) is 31.6 Å². The molecule has 2 aliphatic heterocycles. The van der Waals surface area contributed by atoms with Crippen molar-refractivity contribution in [3.63, 3.8) is 0 Å². The van der Waals surface area contributed by atoms with Crippen LogP contribution in [0.1, 0.15) is 56.7 Å². The molecule has 228 valence electrons. The van der Waals surface area contributed by atoms with Crippen LogP contribution in [-0.2, 0) is 34.1 Å². The Morgan fingerprint density at radius 2 is 1.57 bits per heavy atom. The van der Waals surface area contributed by atoms with Crippen molar-refractivity contribution in [3.05, 3.63) is 113 Å². The van der Waals surface area contributed by atoms with Crippen molar-refractivity contribution < 1.29 is 22.8 Å². The molecule has 1 fully saturated rings. The van der Waals surface area contributed by atoms with Crippen LogP contribution in [0.3, 0.4) is 0 Å². The molecule has 3 amide bonds. The van der Waals surface area contributed by atoms with Crippen molar-refractivity contribution in [1.82, 2.24) is 14.5 Å². The Balaban J connectivity index is 1.08. The number of nitrogens with zero attached hydrogens (tertiary/aromatic N) is 2. The van der Waals surface area contributed by atoms with Gasteiger partial charge in [-0.05, 0) is 85.4 Å². The third-order valence-electron chi connectivity index (χ3n) is 9.12. The first-order chi connectivity index (χ1) is 21.2. The van der Waals surface area contributed by atoms with Crippen LogP contribution >= 0.6 is 0 Å². The molecule has 3 aliphatic rings. The fraction of sp³-hybridized carbons (Fsp3) is 0.343. The second-order valence-electron chi connectivity index (χ2n) is 12.1. The molecule has 3 atom stereocenters. The second kappa shape index (κ2) is 12.5. The zero-order valence-corrected chi connectivity index (χ0v) is 25.5. The molecular weight excluding hydrogens is 574 g/mol. The van der Waals surface area contributed by atoms with Gasteiger partial charge in [0.2, 0.25) is 15.9 Å². The third kappa shape index (κ3) is 5.99. The number of fused-ring (bicyclic) bond motifs is 2. The van der Waals surface area contributed by atoms with Gasteiger partial charge in [0.25, 0.3) is 11.8 Å². The van der Waals surface area contributed by atoms with Crippen LogP contribution < -0.4 is 4.72 Å². The fourth-order valence-corrected chi connectivity index (χ4v) is 8.01. The first-order valence-corrected chi connectivity index (χ1v) is 16.8. The molecule has 2 heterocycles. The van der Waals surface area contributed by atoms with Gasteiger partial charge in [0.05, 0.1) is 16.0 Å². The number of nitrogens with one attached hydrogen (secondary N) is 1. The number of rotatable bonds is 12. The topological polar surface area (TPSA) is 104 Å². The number of amides is 3. The summed E-state index contributed by atoms with van der Waals surface area (Å²) in [5, 5.41) is 0. The summed E-state index contributed by atoms with van der Waals surface area (Å²) in [6, 6.07) is 21.9. The van der Waals surface area contributed by atoms with E-state index in [0.717, 1.165) is 24.0 Å². The van der Waals surface area contributed by atoms with E-state index in [1.807, 2.05) is 29.2 Å². The Morgan fingerprint density at radius 3 is 2.27 bits per heavy atom. The summed E-state index contributed by atoms with van der Waals surface area (Å²) in [5.41, 5.74) is 4.02. The number of benzene rings is 3. The Hall–Kier alpha value is -4.08. The van der Waals surface area contributed by atoms with Crippen LogP contribution in [0.4, 0.5) is 0 Å². The smallest absolute Gasteiger partial charge is 0.261 e. The van der Waals surface area contributed by atoms with Crippen molar-refractivity contribution >= 4 is 27.7 Å². The van der Waals surface area contributed by atoms with Crippen LogP contribution in [0.5, 0.6) is 0 Å². The molecule has 0 bridgehead atoms. The Labute approximate surface area is 258 Å². The zero-order chi connectivity index (χ0) is 30.8. The van der Waals surface area contributed by atoms with E-state index < -0.39 is 10.0 Å². The molecule has 6 rings (SSSR count). The summed E-state index contributed by atoms with van der Waals surface area (Å²) in [5.74, 6) is -0.650. The number of likely N-dealkylation sites (tertiary alicyclic amines) is 1. The van der Waals surface area contributed by atoms with Crippen LogP contribution in [0.25, 0.3) is 0 Å². The molecule has 9 heteroatoms.